The van der Waals surface area contributed by atoms with Gasteiger partial charge >= 0.3 is 18.2 Å². The van der Waals surface area contributed by atoms with Crippen LogP contribution in [0.3, 0.4) is 0 Å². The van der Waals surface area contributed by atoms with Crippen LogP contribution >= 0.6 is 23.2 Å². The molecule has 2 rings (SSSR count). The van der Waals surface area contributed by atoms with Gasteiger partial charge < -0.3 is 5.11 Å². The van der Waals surface area contributed by atoms with Gasteiger partial charge in [0.25, 0.3) is 0 Å². The maximum atomic E-state index is 14.8. The van der Waals surface area contributed by atoms with Gasteiger partial charge in [-0.15, -0.1) is 16.7 Å². The number of hydrogen-bond donors (Lipinski definition) is 1. The third kappa shape index (κ3) is 3.59. The van der Waals surface area contributed by atoms with Crippen molar-refractivity contribution in [1.29, 1.82) is 0 Å². The van der Waals surface area contributed by atoms with Crippen molar-refractivity contribution in [1.82, 2.24) is 14.3 Å². The molecular weight excluding hydrogens is 398 g/mol. The molecular formula is C15H14Cl2F3N3O3. The number of halogens is 5. The van der Waals surface area contributed by atoms with Crippen LogP contribution in [-0.2, 0) is 17.6 Å². The fraction of sp³-hybridized carbons (Fsp3) is 0.400. The van der Waals surface area contributed by atoms with Crippen molar-refractivity contribution in [3.05, 3.63) is 44.3 Å². The molecule has 0 amide bonds. The summed E-state index contributed by atoms with van der Waals surface area (Å²) in [5.74, 6) is -2.51. The van der Waals surface area contributed by atoms with E-state index in [9.17, 15) is 22.8 Å². The number of hydrogen-bond acceptors (Lipinski definition) is 3. The molecule has 2 aromatic rings. The molecule has 26 heavy (non-hydrogen) atoms. The van der Waals surface area contributed by atoms with Gasteiger partial charge in [0.15, 0.2) is 5.82 Å². The van der Waals surface area contributed by atoms with Crippen LogP contribution in [0.25, 0.3) is 5.69 Å². The van der Waals surface area contributed by atoms with Gasteiger partial charge in [-0.25, -0.2) is 13.8 Å². The van der Waals surface area contributed by atoms with Crippen LogP contribution in [0.2, 0.25) is 5.02 Å². The number of benzene rings is 1. The number of carbonyl (C=O) groups is 1. The zero-order chi connectivity index (χ0) is 19.8. The summed E-state index contributed by atoms with van der Waals surface area (Å²) in [6, 6.07) is 1.10. The van der Waals surface area contributed by atoms with Crippen LogP contribution in [0, 0.1) is 12.7 Å². The number of aliphatic carboxylic acids is 1. The summed E-state index contributed by atoms with van der Waals surface area (Å²) in [5, 5.41) is 11.3. The maximum Gasteiger partial charge on any atom is 0.355 e. The van der Waals surface area contributed by atoms with Crippen molar-refractivity contribution in [3.8, 4) is 5.69 Å². The zero-order valence-corrected chi connectivity index (χ0v) is 15.2. The molecule has 1 heterocycles. The van der Waals surface area contributed by atoms with E-state index in [4.69, 9.17) is 28.3 Å². The van der Waals surface area contributed by atoms with Gasteiger partial charge in [-0.1, -0.05) is 18.5 Å². The fourth-order valence-corrected chi connectivity index (χ4v) is 3.00. The fourth-order valence-electron chi connectivity index (χ4n) is 2.49. The normalized spacial score (nSPS) is 12.6. The van der Waals surface area contributed by atoms with E-state index in [0.29, 0.717) is 4.68 Å². The summed E-state index contributed by atoms with van der Waals surface area (Å²) in [6.45, 7) is -0.367. The van der Waals surface area contributed by atoms with Crippen LogP contribution in [0.5, 0.6) is 0 Å². The zero-order valence-electron chi connectivity index (χ0n) is 13.6. The monoisotopic (exact) mass is 411 g/mol. The molecule has 0 spiro atoms. The summed E-state index contributed by atoms with van der Waals surface area (Å²) in [7, 11) is 0. The second-order valence-corrected chi connectivity index (χ2v) is 6.32. The quantitative estimate of drug-likeness (QED) is 0.739. The molecule has 11 heteroatoms. The smallest absolute Gasteiger partial charge is 0.355 e. The van der Waals surface area contributed by atoms with E-state index in [0.717, 1.165) is 6.07 Å². The minimum Gasteiger partial charge on any atom is -0.480 e. The van der Waals surface area contributed by atoms with E-state index in [1.807, 2.05) is 0 Å². The first-order valence-electron chi connectivity index (χ1n) is 7.43. The van der Waals surface area contributed by atoms with Crippen LogP contribution in [0.4, 0.5) is 13.2 Å². The molecule has 142 valence electrons. The predicted molar refractivity (Wildman–Crippen MR) is 89.1 cm³/mol. The maximum absolute atomic E-state index is 14.8. The van der Waals surface area contributed by atoms with Gasteiger partial charge in [0.1, 0.15) is 16.9 Å². The Morgan fingerprint density at radius 1 is 1.42 bits per heavy atom. The number of aryl methyl sites for hydroxylation is 1. The molecule has 1 aromatic heterocycles. The SMILES string of the molecule is CCc1c(F)c(-n2nc(C)n(C(F)F)c2=O)cc(CC(Cl)C(=O)O)c1Cl. The Morgan fingerprint density at radius 3 is 2.50 bits per heavy atom. The lowest BCUT2D eigenvalue weighted by Crippen LogP contribution is -2.26. The number of alkyl halides is 3. The first-order valence-corrected chi connectivity index (χ1v) is 8.24. The molecule has 0 fully saturated rings. The minimum atomic E-state index is -3.14. The molecule has 6 nitrogen and oxygen atoms in total. The Labute approximate surface area is 155 Å². The van der Waals surface area contributed by atoms with Crippen molar-refractivity contribution in [2.45, 2.75) is 38.6 Å². The van der Waals surface area contributed by atoms with E-state index >= 15 is 0 Å². The van der Waals surface area contributed by atoms with E-state index in [-0.39, 0.29) is 39.4 Å². The van der Waals surface area contributed by atoms with Crippen molar-refractivity contribution in [2.24, 2.45) is 0 Å². The summed E-state index contributed by atoms with van der Waals surface area (Å²) in [5.41, 5.74) is -1.46. The Morgan fingerprint density at radius 2 is 2.04 bits per heavy atom. The van der Waals surface area contributed by atoms with Crippen molar-refractivity contribution in [3.63, 3.8) is 0 Å². The minimum absolute atomic E-state index is 0.00423. The second-order valence-electron chi connectivity index (χ2n) is 5.41. The van der Waals surface area contributed by atoms with Crippen LogP contribution in [0.1, 0.15) is 30.4 Å². The Balaban J connectivity index is 2.72. The van der Waals surface area contributed by atoms with Crippen LogP contribution in [-0.4, -0.2) is 30.8 Å². The number of aromatic nitrogens is 3. The first kappa shape index (κ1) is 20.3. The van der Waals surface area contributed by atoms with Crippen LogP contribution in [0.15, 0.2) is 10.9 Å². The van der Waals surface area contributed by atoms with Crippen LogP contribution < -0.4 is 5.69 Å². The summed E-state index contributed by atoms with van der Waals surface area (Å²) >= 11 is 11.8. The topological polar surface area (TPSA) is 77.1 Å². The van der Waals surface area contributed by atoms with Gasteiger partial charge in [0.2, 0.25) is 0 Å². The second kappa shape index (κ2) is 7.71. The molecule has 0 saturated carbocycles. The van der Waals surface area contributed by atoms with E-state index in [2.05, 4.69) is 5.10 Å². The Bertz CT molecular complexity index is 912. The lowest BCUT2D eigenvalue weighted by Gasteiger charge is -2.14. The Kier molecular flexibility index (Phi) is 6.02. The first-order chi connectivity index (χ1) is 12.1. The molecule has 0 aliphatic heterocycles. The molecule has 1 aromatic carbocycles. The molecule has 0 aliphatic rings. The highest BCUT2D eigenvalue weighted by Gasteiger charge is 2.25. The van der Waals surface area contributed by atoms with E-state index in [1.165, 1.54) is 6.92 Å². The Hall–Kier alpha value is -2.00. The van der Waals surface area contributed by atoms with Gasteiger partial charge in [-0.2, -0.15) is 13.5 Å². The largest absolute Gasteiger partial charge is 0.480 e. The van der Waals surface area contributed by atoms with Gasteiger partial charge in [0, 0.05) is 12.0 Å². The van der Waals surface area contributed by atoms with E-state index in [1.54, 1.807) is 6.92 Å². The molecule has 0 radical (unpaired) electrons. The van der Waals surface area contributed by atoms with E-state index < -0.39 is 35.1 Å². The molecule has 1 N–H and O–H groups in total. The highest BCUT2D eigenvalue weighted by atomic mass is 35.5. The number of carboxylic acid groups (broad SMARTS) is 1. The molecule has 0 aliphatic carbocycles. The average molecular weight is 412 g/mol. The van der Waals surface area contributed by atoms with Crippen molar-refractivity contribution >= 4 is 29.2 Å². The predicted octanol–water partition coefficient (Wildman–Crippen LogP) is 3.33. The third-order valence-corrected chi connectivity index (χ3v) is 4.58. The van der Waals surface area contributed by atoms with Crippen molar-refractivity contribution in [2.75, 3.05) is 0 Å². The lowest BCUT2D eigenvalue weighted by atomic mass is 10.0. The van der Waals surface area contributed by atoms with Gasteiger partial charge in [-0.3, -0.25) is 4.79 Å². The molecule has 1 unspecified atom stereocenters. The van der Waals surface area contributed by atoms with Gasteiger partial charge in [-0.05, 0) is 25.0 Å². The van der Waals surface area contributed by atoms with Crippen molar-refractivity contribution < 1.29 is 23.1 Å². The average Bonchev–Trinajstić information content (AvgIpc) is 2.84. The lowest BCUT2D eigenvalue weighted by molar-refractivity contribution is -0.136. The number of nitrogens with zero attached hydrogens (tertiary/aromatic N) is 3. The summed E-state index contributed by atoms with van der Waals surface area (Å²) < 4.78 is 41.4. The third-order valence-electron chi connectivity index (χ3n) is 3.77. The molecule has 0 bridgehead atoms. The highest BCUT2D eigenvalue weighted by Crippen LogP contribution is 2.30. The van der Waals surface area contributed by atoms with Gasteiger partial charge in [0.05, 0.1) is 5.02 Å². The molecule has 1 atom stereocenters. The molecule has 0 saturated heterocycles. The highest BCUT2D eigenvalue weighted by molar-refractivity contribution is 6.33. The number of rotatable bonds is 6. The summed E-state index contributed by atoms with van der Waals surface area (Å²) in [4.78, 5) is 23.1. The standard InChI is InChI=1S/C15H14Cl2F3N3O3/c1-3-8-11(17)7(4-9(16)13(24)25)5-10(12(8)18)23-15(26)22(14(19)20)6(2)21-23/h5,9,14H,3-4H2,1-2H3,(H,24,25). The summed E-state index contributed by atoms with van der Waals surface area (Å²) in [6.07, 6.45) is -0.131. The number of carboxylic acids is 1.